The average molecular weight is 358 g/mol. The van der Waals surface area contributed by atoms with Gasteiger partial charge in [-0.25, -0.2) is 4.98 Å². The van der Waals surface area contributed by atoms with Gasteiger partial charge in [0.05, 0.1) is 21.6 Å². The monoisotopic (exact) mass is 358 g/mol. The normalized spacial score (nSPS) is 13.6. The van der Waals surface area contributed by atoms with Crippen LogP contribution in [0.3, 0.4) is 0 Å². The number of thiazole rings is 1. The van der Waals surface area contributed by atoms with Crippen molar-refractivity contribution >= 4 is 44.4 Å². The van der Waals surface area contributed by atoms with E-state index in [1.54, 1.807) is 0 Å². The fourth-order valence-corrected chi connectivity index (χ4v) is 3.96. The maximum absolute atomic E-state index is 12.3. The van der Waals surface area contributed by atoms with E-state index in [9.17, 15) is 9.90 Å². The molecule has 0 aliphatic heterocycles. The van der Waals surface area contributed by atoms with Gasteiger partial charge in [0.15, 0.2) is 5.13 Å². The summed E-state index contributed by atoms with van der Waals surface area (Å²) >= 11 is 2.89. The second-order valence-corrected chi connectivity index (χ2v) is 7.78. The van der Waals surface area contributed by atoms with Gasteiger partial charge in [-0.2, -0.15) is 0 Å². The number of thioether (sulfide) groups is 1. The van der Waals surface area contributed by atoms with Crippen molar-refractivity contribution < 1.29 is 9.90 Å². The summed E-state index contributed by atoms with van der Waals surface area (Å²) < 4.78 is 1.05. The number of amides is 1. The number of nitrogens with zero attached hydrogens (tertiary/aromatic N) is 1. The summed E-state index contributed by atoms with van der Waals surface area (Å²) in [7, 11) is 0. The lowest BCUT2D eigenvalue weighted by Gasteiger charge is -2.14. The van der Waals surface area contributed by atoms with E-state index in [1.165, 1.54) is 23.1 Å². The van der Waals surface area contributed by atoms with Crippen molar-refractivity contribution in [1.29, 1.82) is 0 Å². The van der Waals surface area contributed by atoms with Crippen LogP contribution in [-0.4, -0.2) is 27.0 Å². The third-order valence-electron chi connectivity index (χ3n) is 3.58. The Morgan fingerprint density at radius 3 is 2.67 bits per heavy atom. The predicted molar refractivity (Wildman–Crippen MR) is 102 cm³/mol. The number of carbonyl (C=O) groups is 1. The van der Waals surface area contributed by atoms with Crippen LogP contribution < -0.4 is 5.32 Å². The average Bonchev–Trinajstić information content (AvgIpc) is 3.02. The first-order valence-electron chi connectivity index (χ1n) is 7.64. The Bertz CT molecular complexity index is 787. The third kappa shape index (κ3) is 4.14. The highest BCUT2D eigenvalue weighted by atomic mass is 32.2. The van der Waals surface area contributed by atoms with Crippen molar-refractivity contribution in [2.24, 2.45) is 0 Å². The molecule has 24 heavy (non-hydrogen) atoms. The van der Waals surface area contributed by atoms with Crippen molar-refractivity contribution in [3.63, 3.8) is 0 Å². The number of aliphatic hydroxyl groups excluding tert-OH is 1. The molecule has 0 fully saturated rings. The second kappa shape index (κ2) is 7.79. The number of benzene rings is 2. The zero-order valence-corrected chi connectivity index (χ0v) is 14.8. The quantitative estimate of drug-likeness (QED) is 0.697. The molecule has 0 aliphatic rings. The number of para-hydroxylation sites is 1. The van der Waals surface area contributed by atoms with E-state index in [2.05, 4.69) is 10.3 Å². The van der Waals surface area contributed by atoms with Gasteiger partial charge >= 0.3 is 0 Å². The van der Waals surface area contributed by atoms with Crippen LogP contribution in [0.4, 0.5) is 5.13 Å². The van der Waals surface area contributed by atoms with Gasteiger partial charge in [-0.15, -0.1) is 11.8 Å². The largest absolute Gasteiger partial charge is 0.388 e. The number of aliphatic hydroxyl groups is 1. The molecule has 0 saturated carbocycles. The van der Waals surface area contributed by atoms with Crippen LogP contribution in [0.1, 0.15) is 18.6 Å². The summed E-state index contributed by atoms with van der Waals surface area (Å²) in [6.07, 6.45) is -0.575. The lowest BCUT2D eigenvalue weighted by Crippen LogP contribution is -2.23. The van der Waals surface area contributed by atoms with E-state index in [1.807, 2.05) is 61.5 Å². The Labute approximate surface area is 148 Å². The number of aromatic nitrogens is 1. The van der Waals surface area contributed by atoms with Crippen LogP contribution in [-0.2, 0) is 4.79 Å². The fraction of sp³-hybridized carbons (Fsp3) is 0.222. The number of rotatable bonds is 6. The molecule has 2 unspecified atom stereocenters. The van der Waals surface area contributed by atoms with Crippen molar-refractivity contribution in [1.82, 2.24) is 4.98 Å². The molecule has 2 N–H and O–H groups in total. The van der Waals surface area contributed by atoms with E-state index >= 15 is 0 Å². The van der Waals surface area contributed by atoms with Crippen LogP contribution in [0.5, 0.6) is 0 Å². The number of anilines is 1. The first-order chi connectivity index (χ1) is 11.6. The van der Waals surface area contributed by atoms with Gasteiger partial charge in [0, 0.05) is 5.75 Å². The van der Waals surface area contributed by atoms with Gasteiger partial charge in [0.25, 0.3) is 0 Å². The molecule has 2 aromatic carbocycles. The standard InChI is InChI=1S/C18H18N2O2S2/c1-12(23-11-15(21)13-7-3-2-4-8-13)17(22)20-18-19-14-9-5-6-10-16(14)24-18/h2-10,12,15,21H,11H2,1H3,(H,19,20,22). The summed E-state index contributed by atoms with van der Waals surface area (Å²) in [6.45, 7) is 1.84. The van der Waals surface area contributed by atoms with Gasteiger partial charge in [-0.05, 0) is 24.6 Å². The molecule has 124 valence electrons. The zero-order valence-electron chi connectivity index (χ0n) is 13.2. The minimum atomic E-state index is -0.575. The van der Waals surface area contributed by atoms with E-state index in [0.29, 0.717) is 10.9 Å². The highest BCUT2D eigenvalue weighted by Crippen LogP contribution is 2.27. The van der Waals surface area contributed by atoms with Crippen LogP contribution in [0.2, 0.25) is 0 Å². The molecule has 0 spiro atoms. The van der Waals surface area contributed by atoms with E-state index in [4.69, 9.17) is 0 Å². The van der Waals surface area contributed by atoms with Crippen LogP contribution in [0.25, 0.3) is 10.2 Å². The number of nitrogens with one attached hydrogen (secondary N) is 1. The highest BCUT2D eigenvalue weighted by Gasteiger charge is 2.17. The van der Waals surface area contributed by atoms with Gasteiger partial charge < -0.3 is 10.4 Å². The fourth-order valence-electron chi connectivity index (χ4n) is 2.22. The molecule has 1 heterocycles. The number of carbonyl (C=O) groups excluding carboxylic acids is 1. The van der Waals surface area contributed by atoms with Crippen molar-refractivity contribution in [2.75, 3.05) is 11.1 Å². The highest BCUT2D eigenvalue weighted by molar-refractivity contribution is 8.00. The van der Waals surface area contributed by atoms with Crippen molar-refractivity contribution in [2.45, 2.75) is 18.3 Å². The second-order valence-electron chi connectivity index (χ2n) is 5.38. The molecule has 1 aromatic heterocycles. The molecule has 2 atom stereocenters. The van der Waals surface area contributed by atoms with Crippen molar-refractivity contribution in [3.8, 4) is 0 Å². The van der Waals surface area contributed by atoms with Crippen LogP contribution in [0, 0.1) is 0 Å². The van der Waals surface area contributed by atoms with Gasteiger partial charge in [-0.1, -0.05) is 53.8 Å². The maximum atomic E-state index is 12.3. The Hall–Kier alpha value is -1.89. The minimum absolute atomic E-state index is 0.0979. The Balaban J connectivity index is 1.54. The molecule has 3 aromatic rings. The molecule has 0 aliphatic carbocycles. The van der Waals surface area contributed by atoms with Crippen molar-refractivity contribution in [3.05, 3.63) is 60.2 Å². The molecule has 6 heteroatoms. The zero-order chi connectivity index (χ0) is 16.9. The first kappa shape index (κ1) is 17.0. The molecular weight excluding hydrogens is 340 g/mol. The summed E-state index contributed by atoms with van der Waals surface area (Å²) in [5.41, 5.74) is 1.75. The molecular formula is C18H18N2O2S2. The minimum Gasteiger partial charge on any atom is -0.388 e. The molecule has 0 bridgehead atoms. The number of fused-ring (bicyclic) bond motifs is 1. The Kier molecular flexibility index (Phi) is 5.50. The summed E-state index contributed by atoms with van der Waals surface area (Å²) in [5.74, 6) is 0.373. The summed E-state index contributed by atoms with van der Waals surface area (Å²) in [5, 5.41) is 13.4. The lowest BCUT2D eigenvalue weighted by atomic mass is 10.1. The Morgan fingerprint density at radius 2 is 1.92 bits per heavy atom. The molecule has 1 amide bonds. The molecule has 0 saturated heterocycles. The van der Waals surface area contributed by atoms with Gasteiger partial charge in [0.2, 0.25) is 5.91 Å². The molecule has 3 rings (SSSR count). The molecule has 0 radical (unpaired) electrons. The predicted octanol–water partition coefficient (Wildman–Crippen LogP) is 4.09. The molecule has 4 nitrogen and oxygen atoms in total. The topological polar surface area (TPSA) is 62.2 Å². The SMILES string of the molecule is CC(SCC(O)c1ccccc1)C(=O)Nc1nc2ccccc2s1. The van der Waals surface area contributed by atoms with Gasteiger partial charge in [-0.3, -0.25) is 4.79 Å². The van der Waals surface area contributed by atoms with Gasteiger partial charge in [0.1, 0.15) is 0 Å². The van der Waals surface area contributed by atoms with E-state index in [0.717, 1.165) is 15.8 Å². The van der Waals surface area contributed by atoms with Crippen LogP contribution in [0.15, 0.2) is 54.6 Å². The summed E-state index contributed by atoms with van der Waals surface area (Å²) in [6, 6.07) is 17.3. The van der Waals surface area contributed by atoms with E-state index in [-0.39, 0.29) is 11.2 Å². The summed E-state index contributed by atoms with van der Waals surface area (Å²) in [4.78, 5) is 16.7. The number of hydrogen-bond acceptors (Lipinski definition) is 5. The number of hydrogen-bond donors (Lipinski definition) is 2. The Morgan fingerprint density at radius 1 is 1.21 bits per heavy atom. The first-order valence-corrected chi connectivity index (χ1v) is 9.51. The van der Waals surface area contributed by atoms with Crippen LogP contribution >= 0.6 is 23.1 Å². The smallest absolute Gasteiger partial charge is 0.238 e. The lowest BCUT2D eigenvalue weighted by molar-refractivity contribution is -0.115. The van der Waals surface area contributed by atoms with E-state index < -0.39 is 6.10 Å². The maximum Gasteiger partial charge on any atom is 0.238 e. The third-order valence-corrected chi connectivity index (χ3v) is 5.76.